The fourth-order valence-corrected chi connectivity index (χ4v) is 3.07. The number of para-hydroxylation sites is 1. The summed E-state index contributed by atoms with van der Waals surface area (Å²) < 4.78 is 10.9. The highest BCUT2D eigenvalue weighted by Crippen LogP contribution is 2.19. The van der Waals surface area contributed by atoms with Gasteiger partial charge in [0.1, 0.15) is 11.9 Å². The lowest BCUT2D eigenvalue weighted by Gasteiger charge is -2.31. The van der Waals surface area contributed by atoms with Crippen molar-refractivity contribution >= 4 is 23.3 Å². The van der Waals surface area contributed by atoms with E-state index in [9.17, 15) is 14.7 Å². The highest BCUT2D eigenvalue weighted by Gasteiger charge is 2.29. The number of anilines is 2. The van der Waals surface area contributed by atoms with Crippen LogP contribution in [-0.4, -0.2) is 49.0 Å². The van der Waals surface area contributed by atoms with Crippen molar-refractivity contribution in [2.75, 3.05) is 24.4 Å². The second-order valence-corrected chi connectivity index (χ2v) is 6.75. The molecule has 0 saturated carbocycles. The third-order valence-electron chi connectivity index (χ3n) is 4.53. The van der Waals surface area contributed by atoms with Crippen molar-refractivity contribution in [2.24, 2.45) is 0 Å². The van der Waals surface area contributed by atoms with E-state index in [2.05, 4.69) is 16.0 Å². The van der Waals surface area contributed by atoms with Gasteiger partial charge >= 0.3 is 6.03 Å². The largest absolute Gasteiger partial charge is 0.497 e. The highest BCUT2D eigenvalue weighted by atomic mass is 16.5. The number of carbonyl (C=O) groups excluding carboxylic acids is 2. The Kier molecular flexibility index (Phi) is 7.42. The third-order valence-corrected chi connectivity index (χ3v) is 4.53. The Hall–Kier alpha value is -3.36. The van der Waals surface area contributed by atoms with E-state index in [-0.39, 0.29) is 18.9 Å². The van der Waals surface area contributed by atoms with Crippen molar-refractivity contribution in [3.8, 4) is 5.75 Å². The Morgan fingerprint density at radius 3 is 2.53 bits per heavy atom. The summed E-state index contributed by atoms with van der Waals surface area (Å²) in [4.78, 5) is 24.5. The van der Waals surface area contributed by atoms with Crippen LogP contribution in [-0.2, 0) is 9.53 Å². The molecule has 0 saturated heterocycles. The summed E-state index contributed by atoms with van der Waals surface area (Å²) in [6.07, 6.45) is 2.39. The lowest BCUT2D eigenvalue weighted by molar-refractivity contribution is -0.120. The molecule has 1 aliphatic heterocycles. The normalized spacial score (nSPS) is 20.3. The predicted molar refractivity (Wildman–Crippen MR) is 114 cm³/mol. The third kappa shape index (κ3) is 6.07. The fraction of sp³-hybridized carbons (Fsp3) is 0.273. The summed E-state index contributed by atoms with van der Waals surface area (Å²) in [5.74, 6) is 0.424. The average molecular weight is 411 g/mol. The van der Waals surface area contributed by atoms with Gasteiger partial charge in [0, 0.05) is 17.4 Å². The first-order valence-corrected chi connectivity index (χ1v) is 9.58. The fourth-order valence-electron chi connectivity index (χ4n) is 3.07. The van der Waals surface area contributed by atoms with Gasteiger partial charge in [0.25, 0.3) is 0 Å². The summed E-state index contributed by atoms with van der Waals surface area (Å²) >= 11 is 0. The molecule has 0 bridgehead atoms. The van der Waals surface area contributed by atoms with Crippen LogP contribution >= 0.6 is 0 Å². The van der Waals surface area contributed by atoms with Gasteiger partial charge in [-0.2, -0.15) is 0 Å². The van der Waals surface area contributed by atoms with Crippen LogP contribution in [0.15, 0.2) is 66.7 Å². The van der Waals surface area contributed by atoms with E-state index in [1.54, 1.807) is 55.7 Å². The van der Waals surface area contributed by atoms with E-state index >= 15 is 0 Å². The highest BCUT2D eigenvalue weighted by molar-refractivity contribution is 5.91. The van der Waals surface area contributed by atoms with E-state index in [0.29, 0.717) is 17.1 Å². The molecule has 8 heteroatoms. The number of urea groups is 1. The number of amides is 3. The number of nitrogens with one attached hydrogen (secondary N) is 3. The Labute approximate surface area is 174 Å². The van der Waals surface area contributed by atoms with Gasteiger partial charge in [0.2, 0.25) is 5.91 Å². The molecule has 4 N–H and O–H groups in total. The van der Waals surface area contributed by atoms with Crippen LogP contribution in [0.5, 0.6) is 5.75 Å². The second kappa shape index (κ2) is 10.4. The summed E-state index contributed by atoms with van der Waals surface area (Å²) in [6.45, 7) is -0.300. The van der Waals surface area contributed by atoms with Crippen LogP contribution in [0.2, 0.25) is 0 Å². The number of benzene rings is 2. The van der Waals surface area contributed by atoms with Gasteiger partial charge in [0.05, 0.1) is 32.3 Å². The number of aliphatic hydroxyl groups excluding tert-OH is 1. The van der Waals surface area contributed by atoms with Crippen molar-refractivity contribution in [3.63, 3.8) is 0 Å². The summed E-state index contributed by atoms with van der Waals surface area (Å²) in [6, 6.07) is 15.1. The zero-order valence-corrected chi connectivity index (χ0v) is 16.6. The number of rotatable bonds is 7. The number of carbonyl (C=O) groups is 2. The molecule has 0 radical (unpaired) electrons. The van der Waals surface area contributed by atoms with E-state index in [4.69, 9.17) is 9.47 Å². The molecule has 2 aromatic rings. The topological polar surface area (TPSA) is 109 Å². The molecule has 3 atom stereocenters. The Morgan fingerprint density at radius 1 is 1.03 bits per heavy atom. The maximum atomic E-state index is 12.3. The molecule has 30 heavy (non-hydrogen) atoms. The van der Waals surface area contributed by atoms with Crippen LogP contribution in [0.3, 0.4) is 0 Å². The zero-order chi connectivity index (χ0) is 21.3. The van der Waals surface area contributed by atoms with Crippen molar-refractivity contribution in [3.05, 3.63) is 66.7 Å². The molecular weight excluding hydrogens is 386 g/mol. The number of methoxy groups -OCH3 is 1. The quantitative estimate of drug-likeness (QED) is 0.524. The van der Waals surface area contributed by atoms with Crippen LogP contribution in [0.25, 0.3) is 0 Å². The van der Waals surface area contributed by atoms with Crippen molar-refractivity contribution in [2.45, 2.75) is 24.7 Å². The van der Waals surface area contributed by atoms with Gasteiger partial charge in [-0.3, -0.25) is 4.79 Å². The minimum absolute atomic E-state index is 0.102. The molecule has 1 aliphatic rings. The predicted octanol–water partition coefficient (Wildman–Crippen LogP) is 2.53. The van der Waals surface area contributed by atoms with E-state index in [1.165, 1.54) is 0 Å². The molecule has 8 nitrogen and oxygen atoms in total. The molecule has 0 spiro atoms. The Bertz CT molecular complexity index is 887. The molecule has 0 aromatic heterocycles. The molecular formula is C22H25N3O5. The van der Waals surface area contributed by atoms with E-state index < -0.39 is 24.3 Å². The molecule has 158 valence electrons. The molecule has 0 aliphatic carbocycles. The van der Waals surface area contributed by atoms with Crippen LogP contribution in [0.1, 0.15) is 6.42 Å². The summed E-state index contributed by atoms with van der Waals surface area (Å²) in [5.41, 5.74) is 1.28. The standard InChI is InChI=1S/C22H25N3O5/c1-29-17-9-5-8-16(12-17)24-22(28)25-19-11-10-18(30-20(19)14-26)13-21(27)23-15-6-3-2-4-7-15/h2-12,18-20,26H,13-14H2,1H3,(H,23,27)(H2,24,25,28)/t18-,19+,20+/m1/s1. The number of aliphatic hydroxyl groups is 1. The Balaban J connectivity index is 1.54. The van der Waals surface area contributed by atoms with Gasteiger partial charge in [0.15, 0.2) is 0 Å². The van der Waals surface area contributed by atoms with E-state index in [0.717, 1.165) is 0 Å². The molecule has 3 rings (SSSR count). The van der Waals surface area contributed by atoms with Gasteiger partial charge < -0.3 is 30.5 Å². The van der Waals surface area contributed by atoms with E-state index in [1.807, 2.05) is 18.2 Å². The van der Waals surface area contributed by atoms with Gasteiger partial charge in [-0.15, -0.1) is 0 Å². The molecule has 2 aromatic carbocycles. The van der Waals surface area contributed by atoms with Crippen LogP contribution in [0, 0.1) is 0 Å². The average Bonchev–Trinajstić information content (AvgIpc) is 2.75. The Morgan fingerprint density at radius 2 is 1.80 bits per heavy atom. The lowest BCUT2D eigenvalue weighted by atomic mass is 10.0. The van der Waals surface area contributed by atoms with Gasteiger partial charge in [-0.1, -0.05) is 36.4 Å². The van der Waals surface area contributed by atoms with Crippen LogP contribution in [0.4, 0.5) is 16.2 Å². The maximum Gasteiger partial charge on any atom is 0.319 e. The number of hydrogen-bond donors (Lipinski definition) is 4. The first-order chi connectivity index (χ1) is 14.6. The first kappa shape index (κ1) is 21.4. The molecule has 1 heterocycles. The zero-order valence-electron chi connectivity index (χ0n) is 16.6. The smallest absolute Gasteiger partial charge is 0.319 e. The van der Waals surface area contributed by atoms with Crippen molar-refractivity contribution in [1.29, 1.82) is 0 Å². The first-order valence-electron chi connectivity index (χ1n) is 9.58. The van der Waals surface area contributed by atoms with Gasteiger partial charge in [-0.05, 0) is 24.3 Å². The maximum absolute atomic E-state index is 12.3. The summed E-state index contributed by atoms with van der Waals surface area (Å²) in [5, 5.41) is 17.9. The van der Waals surface area contributed by atoms with Crippen molar-refractivity contribution in [1.82, 2.24) is 5.32 Å². The monoisotopic (exact) mass is 411 g/mol. The van der Waals surface area contributed by atoms with Crippen LogP contribution < -0.4 is 20.7 Å². The molecule has 3 amide bonds. The summed E-state index contributed by atoms with van der Waals surface area (Å²) in [7, 11) is 1.55. The van der Waals surface area contributed by atoms with Gasteiger partial charge in [-0.25, -0.2) is 4.79 Å². The lowest BCUT2D eigenvalue weighted by Crippen LogP contribution is -2.50. The number of ether oxygens (including phenoxy) is 2. The minimum atomic E-state index is -0.666. The number of hydrogen-bond acceptors (Lipinski definition) is 5. The SMILES string of the molecule is COc1cccc(NC(=O)N[C@H]2C=C[C@H](CC(=O)Nc3ccccc3)O[C@H]2CO)c1. The molecule has 0 unspecified atom stereocenters. The molecule has 0 fully saturated rings. The minimum Gasteiger partial charge on any atom is -0.497 e. The van der Waals surface area contributed by atoms with Crippen molar-refractivity contribution < 1.29 is 24.2 Å². The second-order valence-electron chi connectivity index (χ2n) is 6.75.